The summed E-state index contributed by atoms with van der Waals surface area (Å²) in [6.45, 7) is 7.20. The summed E-state index contributed by atoms with van der Waals surface area (Å²) in [5.74, 6) is 2.86. The van der Waals surface area contributed by atoms with Gasteiger partial charge in [-0.05, 0) is 30.9 Å². The molecule has 5 heteroatoms. The molecule has 0 amide bonds. The molecular formula is C11H22N4S. The van der Waals surface area contributed by atoms with Gasteiger partial charge < -0.3 is 5.32 Å². The molecule has 1 heterocycles. The Morgan fingerprint density at radius 2 is 2.31 bits per heavy atom. The largest absolute Gasteiger partial charge is 0.310 e. The van der Waals surface area contributed by atoms with Gasteiger partial charge in [0, 0.05) is 6.54 Å². The average molecular weight is 242 g/mol. The standard InChI is InChI=1S/C11H22N4S/c1-10(2)8-15-11(13-9-14-15)7-12-5-4-6-16-3/h9-10,12H,4-8H2,1-3H3. The number of hydrogen-bond donors (Lipinski definition) is 1. The minimum absolute atomic E-state index is 0.608. The Hall–Kier alpha value is -0.550. The molecule has 0 saturated heterocycles. The van der Waals surface area contributed by atoms with Crippen LogP contribution in [0.2, 0.25) is 0 Å². The topological polar surface area (TPSA) is 42.7 Å². The third kappa shape index (κ3) is 4.99. The van der Waals surface area contributed by atoms with Crippen LogP contribution >= 0.6 is 11.8 Å². The molecule has 1 aromatic heterocycles. The fraction of sp³-hybridized carbons (Fsp3) is 0.818. The van der Waals surface area contributed by atoms with Crippen molar-refractivity contribution in [3.8, 4) is 0 Å². The van der Waals surface area contributed by atoms with E-state index in [1.807, 2.05) is 16.4 Å². The molecule has 0 aromatic carbocycles. The van der Waals surface area contributed by atoms with Crippen molar-refractivity contribution >= 4 is 11.8 Å². The van der Waals surface area contributed by atoms with E-state index in [9.17, 15) is 0 Å². The maximum absolute atomic E-state index is 4.27. The van der Waals surface area contributed by atoms with E-state index in [2.05, 4.69) is 35.5 Å². The molecule has 0 radical (unpaired) electrons. The highest BCUT2D eigenvalue weighted by molar-refractivity contribution is 7.98. The molecule has 1 aromatic rings. The molecule has 0 bridgehead atoms. The lowest BCUT2D eigenvalue weighted by Crippen LogP contribution is -2.20. The molecule has 4 nitrogen and oxygen atoms in total. The van der Waals surface area contributed by atoms with Crippen molar-refractivity contribution in [3.05, 3.63) is 12.2 Å². The molecular weight excluding hydrogens is 220 g/mol. The van der Waals surface area contributed by atoms with E-state index in [0.717, 1.165) is 25.5 Å². The van der Waals surface area contributed by atoms with Gasteiger partial charge in [-0.2, -0.15) is 16.9 Å². The summed E-state index contributed by atoms with van der Waals surface area (Å²) in [5.41, 5.74) is 0. The van der Waals surface area contributed by atoms with Crippen LogP contribution < -0.4 is 5.32 Å². The number of nitrogens with zero attached hydrogens (tertiary/aromatic N) is 3. The first-order valence-corrected chi connectivity index (χ1v) is 7.19. The van der Waals surface area contributed by atoms with Gasteiger partial charge in [-0.15, -0.1) is 0 Å². The van der Waals surface area contributed by atoms with Crippen LogP contribution in [0, 0.1) is 5.92 Å². The van der Waals surface area contributed by atoms with Gasteiger partial charge in [0.1, 0.15) is 12.2 Å². The summed E-state index contributed by atoms with van der Waals surface area (Å²) in [6, 6.07) is 0. The van der Waals surface area contributed by atoms with Gasteiger partial charge in [-0.1, -0.05) is 13.8 Å². The Bertz CT molecular complexity index is 285. The quantitative estimate of drug-likeness (QED) is 0.706. The molecule has 92 valence electrons. The fourth-order valence-corrected chi connectivity index (χ4v) is 1.90. The lowest BCUT2D eigenvalue weighted by atomic mass is 10.2. The lowest BCUT2D eigenvalue weighted by Gasteiger charge is -2.09. The summed E-state index contributed by atoms with van der Waals surface area (Å²) >= 11 is 1.89. The van der Waals surface area contributed by atoms with E-state index in [1.54, 1.807) is 6.33 Å². The second-order valence-corrected chi connectivity index (χ2v) is 5.26. The average Bonchev–Trinajstić information content (AvgIpc) is 2.64. The molecule has 16 heavy (non-hydrogen) atoms. The van der Waals surface area contributed by atoms with E-state index in [-0.39, 0.29) is 0 Å². The van der Waals surface area contributed by atoms with Gasteiger partial charge >= 0.3 is 0 Å². The number of aromatic nitrogens is 3. The first-order valence-electron chi connectivity index (χ1n) is 5.80. The minimum Gasteiger partial charge on any atom is -0.310 e. The summed E-state index contributed by atoms with van der Waals surface area (Å²) in [4.78, 5) is 4.27. The van der Waals surface area contributed by atoms with Gasteiger partial charge in [-0.25, -0.2) is 9.67 Å². The predicted molar refractivity (Wildman–Crippen MR) is 69.6 cm³/mol. The second-order valence-electron chi connectivity index (χ2n) is 4.28. The van der Waals surface area contributed by atoms with Crippen LogP contribution in [0.5, 0.6) is 0 Å². The van der Waals surface area contributed by atoms with Crippen molar-refractivity contribution in [2.24, 2.45) is 5.92 Å². The normalized spacial score (nSPS) is 11.2. The molecule has 0 aliphatic rings. The van der Waals surface area contributed by atoms with E-state index in [0.29, 0.717) is 5.92 Å². The second kappa shape index (κ2) is 7.68. The van der Waals surface area contributed by atoms with Gasteiger partial charge in [0.2, 0.25) is 0 Å². The van der Waals surface area contributed by atoms with Crippen LogP contribution in [0.25, 0.3) is 0 Å². The molecule has 0 aliphatic heterocycles. The van der Waals surface area contributed by atoms with Crippen LogP contribution in [-0.2, 0) is 13.1 Å². The number of rotatable bonds is 8. The zero-order chi connectivity index (χ0) is 11.8. The molecule has 0 unspecified atom stereocenters. The van der Waals surface area contributed by atoms with Crippen LogP contribution in [0.1, 0.15) is 26.1 Å². The first-order chi connectivity index (χ1) is 7.74. The van der Waals surface area contributed by atoms with E-state index < -0.39 is 0 Å². The fourth-order valence-electron chi connectivity index (χ4n) is 1.47. The molecule has 0 aliphatic carbocycles. The summed E-state index contributed by atoms with van der Waals surface area (Å²) < 4.78 is 1.99. The van der Waals surface area contributed by atoms with Crippen molar-refractivity contribution in [1.29, 1.82) is 0 Å². The van der Waals surface area contributed by atoms with Gasteiger partial charge in [0.25, 0.3) is 0 Å². The molecule has 1 N–H and O–H groups in total. The predicted octanol–water partition coefficient (Wildman–Crippen LogP) is 1.78. The number of thioether (sulfide) groups is 1. The molecule has 0 spiro atoms. The Labute approximate surface area is 102 Å². The Morgan fingerprint density at radius 1 is 1.50 bits per heavy atom. The zero-order valence-corrected chi connectivity index (χ0v) is 11.3. The number of hydrogen-bond acceptors (Lipinski definition) is 4. The third-order valence-corrected chi connectivity index (χ3v) is 2.92. The number of nitrogens with one attached hydrogen (secondary N) is 1. The summed E-state index contributed by atoms with van der Waals surface area (Å²) in [5, 5.41) is 7.63. The van der Waals surface area contributed by atoms with Gasteiger partial charge in [-0.3, -0.25) is 0 Å². The minimum atomic E-state index is 0.608. The van der Waals surface area contributed by atoms with Crippen molar-refractivity contribution in [2.45, 2.75) is 33.4 Å². The summed E-state index contributed by atoms with van der Waals surface area (Å²) in [7, 11) is 0. The smallest absolute Gasteiger partial charge is 0.140 e. The maximum Gasteiger partial charge on any atom is 0.140 e. The lowest BCUT2D eigenvalue weighted by molar-refractivity contribution is 0.458. The van der Waals surface area contributed by atoms with Crippen molar-refractivity contribution in [3.63, 3.8) is 0 Å². The monoisotopic (exact) mass is 242 g/mol. The molecule has 0 atom stereocenters. The Morgan fingerprint density at radius 3 is 3.00 bits per heavy atom. The Balaban J connectivity index is 2.27. The molecule has 1 rings (SSSR count). The van der Waals surface area contributed by atoms with Crippen LogP contribution in [-0.4, -0.2) is 33.3 Å². The van der Waals surface area contributed by atoms with Crippen LogP contribution in [0.4, 0.5) is 0 Å². The van der Waals surface area contributed by atoms with Gasteiger partial charge in [0.05, 0.1) is 6.54 Å². The highest BCUT2D eigenvalue weighted by atomic mass is 32.2. The van der Waals surface area contributed by atoms with Crippen molar-refractivity contribution in [1.82, 2.24) is 20.1 Å². The van der Waals surface area contributed by atoms with Crippen molar-refractivity contribution < 1.29 is 0 Å². The first kappa shape index (κ1) is 13.5. The molecule has 0 fully saturated rings. The zero-order valence-electron chi connectivity index (χ0n) is 10.4. The third-order valence-electron chi connectivity index (χ3n) is 2.22. The SMILES string of the molecule is CSCCCNCc1ncnn1CC(C)C. The molecule has 0 saturated carbocycles. The highest BCUT2D eigenvalue weighted by Gasteiger charge is 2.04. The van der Waals surface area contributed by atoms with Crippen LogP contribution in [0.15, 0.2) is 6.33 Å². The Kier molecular flexibility index (Phi) is 6.49. The van der Waals surface area contributed by atoms with E-state index >= 15 is 0 Å². The maximum atomic E-state index is 4.27. The summed E-state index contributed by atoms with van der Waals surface area (Å²) in [6.07, 6.45) is 4.99. The van der Waals surface area contributed by atoms with Crippen molar-refractivity contribution in [2.75, 3.05) is 18.6 Å². The van der Waals surface area contributed by atoms with E-state index in [1.165, 1.54) is 12.2 Å². The van der Waals surface area contributed by atoms with Gasteiger partial charge in [0.15, 0.2) is 0 Å². The highest BCUT2D eigenvalue weighted by Crippen LogP contribution is 2.01. The van der Waals surface area contributed by atoms with E-state index in [4.69, 9.17) is 0 Å². The van der Waals surface area contributed by atoms with Crippen LogP contribution in [0.3, 0.4) is 0 Å².